The monoisotopic (exact) mass is 810 g/mol. The number of halogens is 1. The molecule has 1 fully saturated rings. The molecule has 7 rings (SSSR count). The number of thiophene rings is 1. The van der Waals surface area contributed by atoms with E-state index < -0.39 is 12.1 Å². The zero-order valence-electron chi connectivity index (χ0n) is 32.4. The standard InChI is InChI=1S/C43H47ClN6O6S/c1-4-5-18-50-31(16-17-47-50)26-55-34-9-7-6-8-30(34)25-36(43(52)53)56-41-38-37(40(57-42(38)46-27-45-41)29-10-12-32(51)13-11-29)33-14-15-35(39(44)28(33)2)54-24-23-49-21-19-48(3)20-22-49/h6-17,27,36,51H,4-5,18-26H2,1-3H3,(H,52,53)/t36-/m1/s1. The van der Waals surface area contributed by atoms with Crippen molar-refractivity contribution in [2.45, 2.75) is 52.4 Å². The number of phenolic OH excluding ortho intramolecular Hbond substituents is 1. The molecule has 1 aliphatic rings. The fourth-order valence-corrected chi connectivity index (χ4v) is 8.31. The SMILES string of the molecule is CCCCn1nccc1COc1ccccc1C[C@@H](Oc1ncnc2sc(-c3ccc(O)cc3)c(-c3ccc(OCCN4CCN(C)CC4)c(Cl)c3C)c12)C(=O)O. The van der Waals surface area contributed by atoms with E-state index in [2.05, 4.69) is 38.8 Å². The van der Waals surface area contributed by atoms with Crippen LogP contribution in [0.15, 0.2) is 79.3 Å². The van der Waals surface area contributed by atoms with Gasteiger partial charge >= 0.3 is 5.97 Å². The topological polar surface area (TPSA) is 135 Å². The number of para-hydroxylation sites is 1. The first kappa shape index (κ1) is 40.0. The number of ether oxygens (including phenoxy) is 3. The summed E-state index contributed by atoms with van der Waals surface area (Å²) in [6, 6.07) is 20.1. The Bertz CT molecular complexity index is 2310. The van der Waals surface area contributed by atoms with Crippen LogP contribution in [0.3, 0.4) is 0 Å². The number of aromatic nitrogens is 4. The van der Waals surface area contributed by atoms with Crippen molar-refractivity contribution in [3.8, 4) is 44.7 Å². The van der Waals surface area contributed by atoms with Crippen LogP contribution in [0, 0.1) is 6.92 Å². The lowest BCUT2D eigenvalue weighted by Gasteiger charge is -2.32. The second kappa shape index (κ2) is 18.4. The molecule has 57 heavy (non-hydrogen) atoms. The van der Waals surface area contributed by atoms with Crippen LogP contribution in [0.25, 0.3) is 31.8 Å². The van der Waals surface area contributed by atoms with Gasteiger partial charge in [0.05, 0.1) is 16.1 Å². The van der Waals surface area contributed by atoms with Crippen LogP contribution in [0.4, 0.5) is 0 Å². The number of aliphatic carboxylic acids is 1. The molecule has 298 valence electrons. The molecule has 1 atom stereocenters. The Balaban J connectivity index is 1.20. The molecule has 2 N–H and O–H groups in total. The molecule has 12 nitrogen and oxygen atoms in total. The van der Waals surface area contributed by atoms with Gasteiger partial charge in [0.2, 0.25) is 12.0 Å². The number of likely N-dealkylation sites (N-methyl/N-ethyl adjacent to an activating group) is 1. The van der Waals surface area contributed by atoms with Gasteiger partial charge in [-0.05, 0) is 85.1 Å². The van der Waals surface area contributed by atoms with Gasteiger partial charge in [0, 0.05) is 62.3 Å². The lowest BCUT2D eigenvalue weighted by Crippen LogP contribution is -2.45. The summed E-state index contributed by atoms with van der Waals surface area (Å²) in [5, 5.41) is 26.1. The molecule has 0 radical (unpaired) electrons. The number of carbonyl (C=O) groups is 1. The highest BCUT2D eigenvalue weighted by molar-refractivity contribution is 7.22. The molecule has 3 aromatic heterocycles. The molecule has 4 heterocycles. The fraction of sp³-hybridized carbons (Fsp3) is 0.349. The molecular weight excluding hydrogens is 764 g/mol. The van der Waals surface area contributed by atoms with E-state index in [0.29, 0.717) is 38.9 Å². The Morgan fingerprint density at radius 2 is 1.75 bits per heavy atom. The summed E-state index contributed by atoms with van der Waals surface area (Å²) < 4.78 is 20.8. The third kappa shape index (κ3) is 9.34. The maximum atomic E-state index is 12.9. The number of fused-ring (bicyclic) bond motifs is 1. The van der Waals surface area contributed by atoms with Crippen molar-refractivity contribution >= 4 is 39.1 Å². The molecule has 0 aliphatic carbocycles. The van der Waals surface area contributed by atoms with E-state index in [9.17, 15) is 15.0 Å². The maximum Gasteiger partial charge on any atom is 0.345 e. The minimum absolute atomic E-state index is 0.0153. The first-order valence-electron chi connectivity index (χ1n) is 19.2. The van der Waals surface area contributed by atoms with Crippen LogP contribution in [-0.4, -0.2) is 98.2 Å². The lowest BCUT2D eigenvalue weighted by molar-refractivity contribution is -0.145. The van der Waals surface area contributed by atoms with Gasteiger partial charge in [-0.2, -0.15) is 5.10 Å². The normalized spacial score (nSPS) is 14.2. The van der Waals surface area contributed by atoms with Crippen molar-refractivity contribution in [1.29, 1.82) is 0 Å². The van der Waals surface area contributed by atoms with Crippen molar-refractivity contribution in [3.63, 3.8) is 0 Å². The Kier molecular flexibility index (Phi) is 12.9. The number of benzene rings is 3. The largest absolute Gasteiger partial charge is 0.508 e. The van der Waals surface area contributed by atoms with Gasteiger partial charge < -0.3 is 29.3 Å². The maximum absolute atomic E-state index is 12.9. The predicted octanol–water partition coefficient (Wildman–Crippen LogP) is 7.97. The Hall–Kier alpha value is -5.21. The molecule has 0 unspecified atom stereocenters. The number of carboxylic acid groups (broad SMARTS) is 1. The molecule has 1 aliphatic heterocycles. The summed E-state index contributed by atoms with van der Waals surface area (Å²) in [4.78, 5) is 28.2. The van der Waals surface area contributed by atoms with Crippen LogP contribution in [0.5, 0.6) is 23.1 Å². The average molecular weight is 811 g/mol. The van der Waals surface area contributed by atoms with Crippen molar-refractivity contribution in [1.82, 2.24) is 29.5 Å². The summed E-state index contributed by atoms with van der Waals surface area (Å²) in [6.45, 7) is 10.5. The van der Waals surface area contributed by atoms with E-state index in [4.69, 9.17) is 25.8 Å². The number of hydrogen-bond acceptors (Lipinski definition) is 11. The van der Waals surface area contributed by atoms with Crippen LogP contribution in [0.2, 0.25) is 5.02 Å². The highest BCUT2D eigenvalue weighted by Crippen LogP contribution is 2.49. The molecule has 6 aromatic rings. The fourth-order valence-electron chi connectivity index (χ4n) is 6.94. The van der Waals surface area contributed by atoms with Crippen LogP contribution in [0.1, 0.15) is 36.6 Å². The number of carboxylic acids is 1. The van der Waals surface area contributed by atoms with Crippen LogP contribution < -0.4 is 14.2 Å². The Labute approximate surface area is 341 Å². The number of aryl methyl sites for hydroxylation is 1. The number of nitrogens with zero attached hydrogens (tertiary/aromatic N) is 6. The van der Waals surface area contributed by atoms with Gasteiger partial charge in [-0.1, -0.05) is 49.2 Å². The van der Waals surface area contributed by atoms with Crippen molar-refractivity contribution < 1.29 is 29.2 Å². The van der Waals surface area contributed by atoms with E-state index in [-0.39, 0.29) is 24.7 Å². The first-order valence-corrected chi connectivity index (χ1v) is 20.4. The van der Waals surface area contributed by atoms with E-state index in [1.54, 1.807) is 18.3 Å². The van der Waals surface area contributed by atoms with Crippen LogP contribution >= 0.6 is 22.9 Å². The molecule has 14 heteroatoms. The van der Waals surface area contributed by atoms with E-state index in [1.165, 1.54) is 17.7 Å². The Morgan fingerprint density at radius 3 is 2.53 bits per heavy atom. The number of unbranched alkanes of at least 4 members (excludes halogenated alkanes) is 1. The first-order chi connectivity index (χ1) is 27.7. The molecular formula is C43H47ClN6O6S. The van der Waals surface area contributed by atoms with Crippen LogP contribution in [-0.2, 0) is 24.4 Å². The third-order valence-electron chi connectivity index (χ3n) is 10.3. The quantitative estimate of drug-likeness (QED) is 0.0929. The minimum Gasteiger partial charge on any atom is -0.508 e. The second-order valence-corrected chi connectivity index (χ2v) is 15.6. The van der Waals surface area contributed by atoms with Gasteiger partial charge in [0.1, 0.15) is 41.6 Å². The zero-order chi connectivity index (χ0) is 39.9. The molecule has 0 spiro atoms. The number of aromatic hydroxyl groups is 1. The van der Waals surface area contributed by atoms with E-state index in [1.807, 2.05) is 66.2 Å². The molecule has 1 saturated heterocycles. The molecule has 0 amide bonds. The number of rotatable bonds is 17. The van der Waals surface area contributed by atoms with E-state index >= 15 is 0 Å². The summed E-state index contributed by atoms with van der Waals surface area (Å²) in [5.74, 6) is 0.262. The number of piperazine rings is 1. The molecule has 3 aromatic carbocycles. The molecule has 0 bridgehead atoms. The van der Waals surface area contributed by atoms with Gasteiger partial charge in [-0.25, -0.2) is 14.8 Å². The third-order valence-corrected chi connectivity index (χ3v) is 11.9. The number of phenols is 1. The Morgan fingerprint density at radius 1 is 0.965 bits per heavy atom. The van der Waals surface area contributed by atoms with Gasteiger partial charge in [-0.3, -0.25) is 9.58 Å². The highest BCUT2D eigenvalue weighted by atomic mass is 35.5. The van der Waals surface area contributed by atoms with Gasteiger partial charge in [-0.15, -0.1) is 11.3 Å². The second-order valence-electron chi connectivity index (χ2n) is 14.2. The van der Waals surface area contributed by atoms with E-state index in [0.717, 1.165) is 84.9 Å². The minimum atomic E-state index is -1.31. The smallest absolute Gasteiger partial charge is 0.345 e. The van der Waals surface area contributed by atoms with Crippen molar-refractivity contribution in [2.75, 3.05) is 46.4 Å². The zero-order valence-corrected chi connectivity index (χ0v) is 33.9. The summed E-state index contributed by atoms with van der Waals surface area (Å²) in [7, 11) is 2.14. The number of hydrogen-bond donors (Lipinski definition) is 2. The summed E-state index contributed by atoms with van der Waals surface area (Å²) >= 11 is 8.48. The predicted molar refractivity (Wildman–Crippen MR) is 223 cm³/mol. The van der Waals surface area contributed by atoms with Gasteiger partial charge in [0.15, 0.2) is 0 Å². The average Bonchev–Trinajstić information content (AvgIpc) is 3.84. The summed E-state index contributed by atoms with van der Waals surface area (Å²) in [6.07, 6.45) is 3.90. The van der Waals surface area contributed by atoms with Crippen molar-refractivity contribution in [3.05, 3.63) is 101 Å². The van der Waals surface area contributed by atoms with Crippen molar-refractivity contribution in [2.24, 2.45) is 0 Å². The molecule has 0 saturated carbocycles. The summed E-state index contributed by atoms with van der Waals surface area (Å²) in [5.41, 5.74) is 4.76. The highest BCUT2D eigenvalue weighted by Gasteiger charge is 2.28. The van der Waals surface area contributed by atoms with Gasteiger partial charge in [0.25, 0.3) is 0 Å². The lowest BCUT2D eigenvalue weighted by atomic mass is 9.96.